The average molecular weight is 422 g/mol. The van der Waals surface area contributed by atoms with Gasteiger partial charge >= 0.3 is 0 Å². The number of para-hydroxylation sites is 1. The number of anilines is 1. The number of aromatic nitrogens is 1. The normalized spacial score (nSPS) is 15.9. The van der Waals surface area contributed by atoms with Crippen molar-refractivity contribution in [1.29, 1.82) is 0 Å². The van der Waals surface area contributed by atoms with Crippen LogP contribution in [0.25, 0.3) is 11.3 Å². The number of amides is 1. The predicted molar refractivity (Wildman–Crippen MR) is 119 cm³/mol. The van der Waals surface area contributed by atoms with Crippen molar-refractivity contribution >= 4 is 11.6 Å². The largest absolute Gasteiger partial charge is 0.445 e. The third-order valence-electron chi connectivity index (χ3n) is 5.64. The summed E-state index contributed by atoms with van der Waals surface area (Å²) in [6.45, 7) is 3.44. The Labute approximate surface area is 182 Å². The lowest BCUT2D eigenvalue weighted by molar-refractivity contribution is -0.118. The summed E-state index contributed by atoms with van der Waals surface area (Å²) in [4.78, 5) is 21.8. The SMILES string of the molecule is Cc1nc(-c2ccc(F)cc2)c(CCC(=O)N2CC(CN(C)C)Cc3ccccc32)o1. The van der Waals surface area contributed by atoms with Gasteiger partial charge in [0.2, 0.25) is 5.91 Å². The van der Waals surface area contributed by atoms with Gasteiger partial charge in [0.05, 0.1) is 0 Å². The molecule has 0 bridgehead atoms. The molecule has 1 atom stereocenters. The van der Waals surface area contributed by atoms with E-state index in [2.05, 4.69) is 30.0 Å². The Hall–Kier alpha value is -2.99. The van der Waals surface area contributed by atoms with Gasteiger partial charge in [-0.15, -0.1) is 0 Å². The molecular weight excluding hydrogens is 393 g/mol. The first kappa shape index (κ1) is 21.2. The van der Waals surface area contributed by atoms with E-state index in [9.17, 15) is 9.18 Å². The van der Waals surface area contributed by atoms with Crippen LogP contribution in [0.4, 0.5) is 10.1 Å². The van der Waals surface area contributed by atoms with Crippen LogP contribution in [0, 0.1) is 18.7 Å². The van der Waals surface area contributed by atoms with E-state index in [0.29, 0.717) is 42.6 Å². The number of halogens is 1. The molecule has 1 aromatic heterocycles. The van der Waals surface area contributed by atoms with E-state index in [0.717, 1.165) is 24.2 Å². The summed E-state index contributed by atoms with van der Waals surface area (Å²) in [5.74, 6) is 1.38. The van der Waals surface area contributed by atoms with Gasteiger partial charge in [-0.3, -0.25) is 4.79 Å². The monoisotopic (exact) mass is 421 g/mol. The maximum Gasteiger partial charge on any atom is 0.227 e. The number of nitrogens with zero attached hydrogens (tertiary/aromatic N) is 3. The fourth-order valence-corrected chi connectivity index (χ4v) is 4.38. The van der Waals surface area contributed by atoms with Gasteiger partial charge in [-0.2, -0.15) is 0 Å². The number of benzene rings is 2. The van der Waals surface area contributed by atoms with Gasteiger partial charge in [0.25, 0.3) is 0 Å². The van der Waals surface area contributed by atoms with E-state index in [-0.39, 0.29) is 11.7 Å². The molecule has 2 heterocycles. The molecule has 1 aliphatic heterocycles. The number of fused-ring (bicyclic) bond motifs is 1. The standard InChI is InChI=1S/C25H28FN3O2/c1-17-27-25(19-8-10-21(26)11-9-19)23(31-17)12-13-24(30)29-16-18(15-28(2)3)14-20-6-4-5-7-22(20)29/h4-11,18H,12-16H2,1-3H3. The lowest BCUT2D eigenvalue weighted by atomic mass is 9.91. The highest BCUT2D eigenvalue weighted by Gasteiger charge is 2.28. The minimum Gasteiger partial charge on any atom is -0.445 e. The molecule has 31 heavy (non-hydrogen) atoms. The van der Waals surface area contributed by atoms with E-state index >= 15 is 0 Å². The van der Waals surface area contributed by atoms with Gasteiger partial charge in [0.15, 0.2) is 5.89 Å². The zero-order chi connectivity index (χ0) is 22.0. The zero-order valence-electron chi connectivity index (χ0n) is 18.3. The van der Waals surface area contributed by atoms with Crippen molar-refractivity contribution in [3.63, 3.8) is 0 Å². The molecule has 6 heteroatoms. The van der Waals surface area contributed by atoms with Crippen molar-refractivity contribution in [3.8, 4) is 11.3 Å². The quantitative estimate of drug-likeness (QED) is 0.589. The van der Waals surface area contributed by atoms with Crippen molar-refractivity contribution in [1.82, 2.24) is 9.88 Å². The Kier molecular flexibility index (Phi) is 6.18. The molecule has 0 aliphatic carbocycles. The van der Waals surface area contributed by atoms with E-state index in [1.165, 1.54) is 17.7 Å². The fraction of sp³-hybridized carbons (Fsp3) is 0.360. The summed E-state index contributed by atoms with van der Waals surface area (Å²) in [7, 11) is 4.13. The van der Waals surface area contributed by atoms with E-state index in [1.54, 1.807) is 19.1 Å². The van der Waals surface area contributed by atoms with Gasteiger partial charge in [-0.05, 0) is 62.3 Å². The second kappa shape index (κ2) is 9.02. The van der Waals surface area contributed by atoms with Crippen LogP contribution in [-0.2, 0) is 17.6 Å². The van der Waals surface area contributed by atoms with Crippen LogP contribution < -0.4 is 4.90 Å². The average Bonchev–Trinajstić information content (AvgIpc) is 3.12. The van der Waals surface area contributed by atoms with Gasteiger partial charge < -0.3 is 14.2 Å². The molecule has 3 aromatic rings. The second-order valence-electron chi connectivity index (χ2n) is 8.48. The minimum absolute atomic E-state index is 0.0787. The van der Waals surface area contributed by atoms with Crippen LogP contribution in [0.15, 0.2) is 52.9 Å². The lowest BCUT2D eigenvalue weighted by Crippen LogP contribution is -2.43. The summed E-state index contributed by atoms with van der Waals surface area (Å²) in [5, 5.41) is 0. The van der Waals surface area contributed by atoms with Crippen LogP contribution in [0.2, 0.25) is 0 Å². The Morgan fingerprint density at radius 3 is 2.68 bits per heavy atom. The number of oxazole rings is 1. The minimum atomic E-state index is -0.295. The molecule has 0 fully saturated rings. The number of hydrogen-bond donors (Lipinski definition) is 0. The summed E-state index contributed by atoms with van der Waals surface area (Å²) < 4.78 is 19.1. The molecular formula is C25H28FN3O2. The van der Waals surface area contributed by atoms with E-state index in [4.69, 9.17) is 4.42 Å². The van der Waals surface area contributed by atoms with Crippen LogP contribution in [-0.4, -0.2) is 43.0 Å². The van der Waals surface area contributed by atoms with Crippen LogP contribution in [0.5, 0.6) is 0 Å². The number of carbonyl (C=O) groups is 1. The molecule has 0 radical (unpaired) electrons. The van der Waals surface area contributed by atoms with Gasteiger partial charge in [0, 0.05) is 44.1 Å². The van der Waals surface area contributed by atoms with E-state index in [1.807, 2.05) is 23.1 Å². The van der Waals surface area contributed by atoms with Crippen LogP contribution in [0.1, 0.15) is 23.6 Å². The van der Waals surface area contributed by atoms with Crippen LogP contribution in [0.3, 0.4) is 0 Å². The molecule has 1 amide bonds. The summed E-state index contributed by atoms with van der Waals surface area (Å²) in [6, 6.07) is 14.3. The van der Waals surface area contributed by atoms with Crippen molar-refractivity contribution in [2.24, 2.45) is 5.92 Å². The number of carbonyl (C=O) groups excluding carboxylic acids is 1. The number of hydrogen-bond acceptors (Lipinski definition) is 4. The predicted octanol–water partition coefficient (Wildman–Crippen LogP) is 4.49. The van der Waals surface area contributed by atoms with Crippen molar-refractivity contribution in [2.45, 2.75) is 26.2 Å². The highest BCUT2D eigenvalue weighted by Crippen LogP contribution is 2.31. The summed E-state index contributed by atoms with van der Waals surface area (Å²) >= 11 is 0. The second-order valence-corrected chi connectivity index (χ2v) is 8.48. The molecule has 0 N–H and O–H groups in total. The summed E-state index contributed by atoms with van der Waals surface area (Å²) in [5.41, 5.74) is 3.69. The first-order valence-electron chi connectivity index (χ1n) is 10.7. The van der Waals surface area contributed by atoms with Gasteiger partial charge in [-0.1, -0.05) is 18.2 Å². The zero-order valence-corrected chi connectivity index (χ0v) is 18.3. The Balaban J connectivity index is 1.52. The molecule has 0 saturated heterocycles. The smallest absolute Gasteiger partial charge is 0.227 e. The van der Waals surface area contributed by atoms with Crippen molar-refractivity contribution < 1.29 is 13.6 Å². The molecule has 0 saturated carbocycles. The Morgan fingerprint density at radius 1 is 1.19 bits per heavy atom. The highest BCUT2D eigenvalue weighted by atomic mass is 19.1. The topological polar surface area (TPSA) is 49.6 Å². The molecule has 1 unspecified atom stereocenters. The molecule has 5 nitrogen and oxygen atoms in total. The first-order valence-corrected chi connectivity index (χ1v) is 10.7. The van der Waals surface area contributed by atoms with Crippen molar-refractivity contribution in [2.75, 3.05) is 32.1 Å². The fourth-order valence-electron chi connectivity index (χ4n) is 4.38. The Morgan fingerprint density at radius 2 is 1.94 bits per heavy atom. The van der Waals surface area contributed by atoms with Crippen molar-refractivity contribution in [3.05, 3.63) is 71.6 Å². The maximum absolute atomic E-state index is 13.3. The third kappa shape index (κ3) is 4.85. The molecule has 0 spiro atoms. The van der Waals surface area contributed by atoms with Gasteiger partial charge in [-0.25, -0.2) is 9.37 Å². The summed E-state index contributed by atoms with van der Waals surface area (Å²) in [6.07, 6.45) is 1.75. The number of aryl methyl sites for hydroxylation is 2. The molecule has 162 valence electrons. The molecule has 4 rings (SSSR count). The molecule has 1 aliphatic rings. The molecule has 2 aromatic carbocycles. The first-order chi connectivity index (χ1) is 14.9. The van der Waals surface area contributed by atoms with Gasteiger partial charge in [0.1, 0.15) is 17.3 Å². The number of rotatable bonds is 6. The van der Waals surface area contributed by atoms with Crippen LogP contribution >= 0.6 is 0 Å². The Bertz CT molecular complexity index is 1060. The van der Waals surface area contributed by atoms with E-state index < -0.39 is 0 Å². The lowest BCUT2D eigenvalue weighted by Gasteiger charge is -2.36. The third-order valence-corrected chi connectivity index (χ3v) is 5.64. The highest BCUT2D eigenvalue weighted by molar-refractivity contribution is 5.94. The maximum atomic E-state index is 13.3.